The first kappa shape index (κ1) is 14.0. The van der Waals surface area contributed by atoms with Gasteiger partial charge in [0.25, 0.3) is 0 Å². The summed E-state index contributed by atoms with van der Waals surface area (Å²) in [4.78, 5) is 12.0. The molecule has 100 valence electrons. The second-order valence-electron chi connectivity index (χ2n) is 4.04. The maximum atomic E-state index is 12.0. The number of nitrogens with zero attached hydrogens (tertiary/aromatic N) is 2. The van der Waals surface area contributed by atoms with Gasteiger partial charge in [-0.25, -0.2) is 0 Å². The number of hydrogen-bond acceptors (Lipinski definition) is 3. The molecule has 0 radical (unpaired) electrons. The summed E-state index contributed by atoms with van der Waals surface area (Å²) in [6.07, 6.45) is 3.28. The summed E-state index contributed by atoms with van der Waals surface area (Å²) < 4.78 is 2.31. The highest BCUT2D eigenvalue weighted by Crippen LogP contribution is 2.26. The Bertz CT molecular complexity index is 614. The number of nitrogens with two attached hydrogens (primary N) is 1. The molecule has 2 aromatic rings. The van der Waals surface area contributed by atoms with Gasteiger partial charge in [-0.05, 0) is 34.1 Å². The average molecular weight is 344 g/mol. The van der Waals surface area contributed by atoms with Gasteiger partial charge in [-0.3, -0.25) is 9.48 Å². The van der Waals surface area contributed by atoms with Gasteiger partial charge in [0.2, 0.25) is 5.91 Å². The largest absolute Gasteiger partial charge is 0.324 e. The van der Waals surface area contributed by atoms with Crippen molar-refractivity contribution in [2.75, 3.05) is 5.32 Å². The van der Waals surface area contributed by atoms with E-state index >= 15 is 0 Å². The number of anilines is 1. The molecule has 0 aliphatic heterocycles. The van der Waals surface area contributed by atoms with Crippen LogP contribution in [0.25, 0.3) is 0 Å². The van der Waals surface area contributed by atoms with E-state index < -0.39 is 6.04 Å². The fraction of sp³-hybridized carbons (Fsp3) is 0.167. The summed E-state index contributed by atoms with van der Waals surface area (Å²) in [5, 5.41) is 7.29. The minimum atomic E-state index is -0.761. The molecule has 1 aromatic heterocycles. The lowest BCUT2D eigenvalue weighted by atomic mass is 10.1. The van der Waals surface area contributed by atoms with E-state index in [4.69, 9.17) is 17.3 Å². The number of carbonyl (C=O) groups excluding carboxylic acids is 1. The van der Waals surface area contributed by atoms with Crippen molar-refractivity contribution < 1.29 is 4.79 Å². The van der Waals surface area contributed by atoms with Crippen LogP contribution in [0, 0.1) is 0 Å². The highest BCUT2D eigenvalue weighted by atomic mass is 79.9. The van der Waals surface area contributed by atoms with Crippen LogP contribution in [0.3, 0.4) is 0 Å². The van der Waals surface area contributed by atoms with E-state index in [-0.39, 0.29) is 5.91 Å². The molecule has 0 saturated heterocycles. The molecular weight excluding hydrogens is 332 g/mol. The molecule has 19 heavy (non-hydrogen) atoms. The zero-order chi connectivity index (χ0) is 14.0. The molecule has 0 saturated carbocycles. The second kappa shape index (κ2) is 5.73. The van der Waals surface area contributed by atoms with Crippen LogP contribution in [0.4, 0.5) is 5.69 Å². The van der Waals surface area contributed by atoms with Gasteiger partial charge in [0, 0.05) is 29.0 Å². The van der Waals surface area contributed by atoms with E-state index in [0.717, 1.165) is 0 Å². The van der Waals surface area contributed by atoms with Gasteiger partial charge >= 0.3 is 0 Å². The number of hydrogen-bond donors (Lipinski definition) is 2. The van der Waals surface area contributed by atoms with Gasteiger partial charge in [-0.1, -0.05) is 11.6 Å². The van der Waals surface area contributed by atoms with E-state index in [1.54, 1.807) is 42.3 Å². The Morgan fingerprint density at radius 2 is 2.32 bits per heavy atom. The van der Waals surface area contributed by atoms with Crippen LogP contribution in [0.1, 0.15) is 11.6 Å². The summed E-state index contributed by atoms with van der Waals surface area (Å²) in [5.74, 6) is -0.303. The molecule has 1 aromatic carbocycles. The van der Waals surface area contributed by atoms with E-state index in [1.807, 2.05) is 0 Å². The summed E-state index contributed by atoms with van der Waals surface area (Å²) in [7, 11) is 1.77. The number of amides is 1. The van der Waals surface area contributed by atoms with Crippen LogP contribution in [0.15, 0.2) is 35.1 Å². The average Bonchev–Trinajstić information content (AvgIpc) is 2.79. The van der Waals surface area contributed by atoms with Gasteiger partial charge in [0.05, 0.1) is 11.2 Å². The van der Waals surface area contributed by atoms with Crippen LogP contribution < -0.4 is 11.1 Å². The molecule has 7 heteroatoms. The Labute approximate surface area is 123 Å². The van der Waals surface area contributed by atoms with Gasteiger partial charge in [-0.15, -0.1) is 0 Å². The Hall–Kier alpha value is -1.37. The smallest absolute Gasteiger partial charge is 0.246 e. The molecule has 0 aliphatic rings. The number of aromatic nitrogens is 2. The van der Waals surface area contributed by atoms with Crippen molar-refractivity contribution in [3.8, 4) is 0 Å². The maximum Gasteiger partial charge on any atom is 0.246 e. The van der Waals surface area contributed by atoms with E-state index in [9.17, 15) is 4.79 Å². The molecule has 1 amide bonds. The number of nitrogens with one attached hydrogen (secondary N) is 1. The third-order valence-electron chi connectivity index (χ3n) is 2.55. The van der Waals surface area contributed by atoms with Crippen LogP contribution in [-0.4, -0.2) is 15.7 Å². The first-order valence-corrected chi connectivity index (χ1v) is 6.64. The van der Waals surface area contributed by atoms with Crippen LogP contribution in [0.5, 0.6) is 0 Å². The SMILES string of the molecule is Cn1cc(C(N)C(=O)Nc2ccc(Cl)c(Br)c2)cn1. The predicted octanol–water partition coefficient (Wildman–Crippen LogP) is 2.47. The summed E-state index contributed by atoms with van der Waals surface area (Å²) in [5.41, 5.74) is 7.15. The van der Waals surface area contributed by atoms with Gasteiger partial charge in [0.15, 0.2) is 0 Å². The molecule has 0 bridgehead atoms. The summed E-state index contributed by atoms with van der Waals surface area (Å²) >= 11 is 9.18. The number of carbonyl (C=O) groups is 1. The molecule has 3 N–H and O–H groups in total. The maximum absolute atomic E-state index is 12.0. The second-order valence-corrected chi connectivity index (χ2v) is 5.30. The van der Waals surface area contributed by atoms with Crippen molar-refractivity contribution in [2.24, 2.45) is 12.8 Å². The topological polar surface area (TPSA) is 72.9 Å². The monoisotopic (exact) mass is 342 g/mol. The van der Waals surface area contributed by atoms with Crippen LogP contribution >= 0.6 is 27.5 Å². The molecular formula is C12H12BrClN4O. The minimum Gasteiger partial charge on any atom is -0.324 e. The third kappa shape index (κ3) is 3.34. The predicted molar refractivity (Wildman–Crippen MR) is 77.9 cm³/mol. The molecule has 0 spiro atoms. The molecule has 0 fully saturated rings. The first-order valence-electron chi connectivity index (χ1n) is 5.47. The molecule has 1 atom stereocenters. The molecule has 5 nitrogen and oxygen atoms in total. The fourth-order valence-electron chi connectivity index (χ4n) is 1.55. The molecule has 1 unspecified atom stereocenters. The van der Waals surface area contributed by atoms with E-state index in [1.165, 1.54) is 0 Å². The highest BCUT2D eigenvalue weighted by Gasteiger charge is 2.17. The standard InChI is InChI=1S/C12H12BrClN4O/c1-18-6-7(5-16-18)11(15)12(19)17-8-2-3-10(14)9(13)4-8/h2-6,11H,15H2,1H3,(H,17,19). The van der Waals surface area contributed by atoms with Gasteiger partial charge in [0.1, 0.15) is 6.04 Å². The number of halogens is 2. The fourth-order valence-corrected chi connectivity index (χ4v) is 2.04. The minimum absolute atomic E-state index is 0.303. The normalized spacial score (nSPS) is 12.2. The quantitative estimate of drug-likeness (QED) is 0.899. The zero-order valence-corrected chi connectivity index (χ0v) is 12.4. The summed E-state index contributed by atoms with van der Waals surface area (Å²) in [6.45, 7) is 0. The highest BCUT2D eigenvalue weighted by molar-refractivity contribution is 9.10. The van der Waals surface area contributed by atoms with E-state index in [2.05, 4.69) is 26.3 Å². The lowest BCUT2D eigenvalue weighted by Gasteiger charge is -2.11. The zero-order valence-electron chi connectivity index (χ0n) is 10.1. The third-order valence-corrected chi connectivity index (χ3v) is 3.77. The van der Waals surface area contributed by atoms with E-state index in [0.29, 0.717) is 20.7 Å². The molecule has 2 rings (SSSR count). The van der Waals surface area contributed by atoms with Crippen molar-refractivity contribution >= 4 is 39.1 Å². The number of aryl methyl sites for hydroxylation is 1. The Balaban J connectivity index is 2.10. The Morgan fingerprint density at radius 1 is 1.58 bits per heavy atom. The Kier molecular flexibility index (Phi) is 4.24. The lowest BCUT2D eigenvalue weighted by molar-refractivity contribution is -0.117. The van der Waals surface area contributed by atoms with Crippen molar-refractivity contribution in [2.45, 2.75) is 6.04 Å². The number of rotatable bonds is 3. The van der Waals surface area contributed by atoms with Gasteiger partial charge in [-0.2, -0.15) is 5.10 Å². The van der Waals surface area contributed by atoms with Crippen LogP contribution in [0.2, 0.25) is 5.02 Å². The Morgan fingerprint density at radius 3 is 2.89 bits per heavy atom. The lowest BCUT2D eigenvalue weighted by Crippen LogP contribution is -2.27. The number of benzene rings is 1. The molecule has 0 aliphatic carbocycles. The van der Waals surface area contributed by atoms with Gasteiger partial charge < -0.3 is 11.1 Å². The van der Waals surface area contributed by atoms with Crippen molar-refractivity contribution in [3.05, 3.63) is 45.7 Å². The first-order chi connectivity index (χ1) is 8.97. The van der Waals surface area contributed by atoms with Crippen LogP contribution in [-0.2, 0) is 11.8 Å². The summed E-state index contributed by atoms with van der Waals surface area (Å²) in [6, 6.07) is 4.36. The van der Waals surface area contributed by atoms with Crippen molar-refractivity contribution in [3.63, 3.8) is 0 Å². The molecule has 1 heterocycles. The van der Waals surface area contributed by atoms with Crippen molar-refractivity contribution in [1.29, 1.82) is 0 Å². The van der Waals surface area contributed by atoms with Crippen molar-refractivity contribution in [1.82, 2.24) is 9.78 Å².